The van der Waals surface area contributed by atoms with Crippen LogP contribution in [0.4, 0.5) is 0 Å². The van der Waals surface area contributed by atoms with Gasteiger partial charge in [0.15, 0.2) is 0 Å². The zero-order chi connectivity index (χ0) is 9.19. The lowest BCUT2D eigenvalue weighted by atomic mass is 10.1. The van der Waals surface area contributed by atoms with Gasteiger partial charge in [-0.25, -0.2) is 0 Å². The van der Waals surface area contributed by atoms with Gasteiger partial charge in [0.05, 0.1) is 4.87 Å². The number of carbonyl (C=O) groups is 1. The van der Waals surface area contributed by atoms with Gasteiger partial charge in [-0.05, 0) is 23.4 Å². The number of alkyl halides is 2. The summed E-state index contributed by atoms with van der Waals surface area (Å²) in [7, 11) is 0. The molecule has 0 saturated heterocycles. The zero-order valence-corrected chi connectivity index (χ0v) is 9.18. The molecule has 1 heterocycles. The average molecular weight is 246 g/mol. The Morgan fingerprint density at radius 3 is 2.75 bits per heavy atom. The third kappa shape index (κ3) is 2.56. The lowest BCUT2D eigenvalue weighted by Crippen LogP contribution is -2.25. The lowest BCUT2D eigenvalue weighted by Gasteiger charge is -2.21. The Morgan fingerprint density at radius 2 is 2.33 bits per heavy atom. The van der Waals surface area contributed by atoms with Gasteiger partial charge in [-0.1, -0.05) is 6.08 Å². The number of halogens is 3. The van der Waals surface area contributed by atoms with Crippen molar-refractivity contribution in [2.24, 2.45) is 0 Å². The maximum Gasteiger partial charge on any atom is 0.221 e. The van der Waals surface area contributed by atoms with Crippen LogP contribution in [0.1, 0.15) is 12.8 Å². The first kappa shape index (κ1) is 10.7. The smallest absolute Gasteiger partial charge is 0.221 e. The first-order chi connectivity index (χ1) is 5.54. The molecule has 1 rings (SSSR count). The van der Waals surface area contributed by atoms with Crippen LogP contribution >= 0.6 is 46.6 Å². The quantitative estimate of drug-likeness (QED) is 0.560. The summed E-state index contributed by atoms with van der Waals surface area (Å²) in [6.07, 6.45) is 2.57. The number of hydrogen-bond donors (Lipinski definition) is 0. The summed E-state index contributed by atoms with van der Waals surface area (Å²) in [5, 5.41) is 1.48. The summed E-state index contributed by atoms with van der Waals surface area (Å²) in [6, 6.07) is 0. The van der Waals surface area contributed by atoms with Crippen LogP contribution in [0.25, 0.3) is 0 Å². The predicted molar refractivity (Wildman–Crippen MR) is 55.1 cm³/mol. The van der Waals surface area contributed by atoms with Crippen LogP contribution in [0.15, 0.2) is 11.5 Å². The van der Waals surface area contributed by atoms with E-state index in [4.69, 9.17) is 34.8 Å². The largest absolute Gasteiger partial charge is 0.281 e. The topological polar surface area (TPSA) is 17.1 Å². The van der Waals surface area contributed by atoms with E-state index in [9.17, 15) is 4.79 Å². The average Bonchev–Trinajstić information content (AvgIpc) is 2.30. The second kappa shape index (κ2) is 4.23. The third-order valence-electron chi connectivity index (χ3n) is 1.63. The first-order valence-electron chi connectivity index (χ1n) is 3.39. The summed E-state index contributed by atoms with van der Waals surface area (Å²) in [4.78, 5) is 9.88. The van der Waals surface area contributed by atoms with Crippen molar-refractivity contribution in [2.75, 3.05) is 0 Å². The Bertz CT molecular complexity index is 219. The van der Waals surface area contributed by atoms with Gasteiger partial charge in [-0.3, -0.25) is 4.79 Å². The SMILES string of the molecule is O=C(Cl)CCC1(Cl)C=CSC1Cl. The van der Waals surface area contributed by atoms with E-state index in [0.29, 0.717) is 6.42 Å². The van der Waals surface area contributed by atoms with Crippen molar-refractivity contribution < 1.29 is 4.79 Å². The van der Waals surface area contributed by atoms with Crippen LogP contribution < -0.4 is 0 Å². The molecule has 0 spiro atoms. The molecule has 1 nitrogen and oxygen atoms in total. The maximum absolute atomic E-state index is 10.5. The van der Waals surface area contributed by atoms with E-state index in [1.54, 1.807) is 0 Å². The van der Waals surface area contributed by atoms with Crippen molar-refractivity contribution in [1.29, 1.82) is 0 Å². The third-order valence-corrected chi connectivity index (χ3v) is 4.24. The predicted octanol–water partition coefficient (Wildman–Crippen LogP) is 3.34. The minimum absolute atomic E-state index is 0.199. The Labute approximate surface area is 90.4 Å². The van der Waals surface area contributed by atoms with Crippen LogP contribution in [0.2, 0.25) is 0 Å². The van der Waals surface area contributed by atoms with E-state index in [1.807, 2.05) is 11.5 Å². The monoisotopic (exact) mass is 244 g/mol. The van der Waals surface area contributed by atoms with Crippen LogP contribution in [0.5, 0.6) is 0 Å². The Kier molecular flexibility index (Phi) is 3.77. The van der Waals surface area contributed by atoms with Gasteiger partial charge in [0.2, 0.25) is 5.24 Å². The van der Waals surface area contributed by atoms with Crippen molar-refractivity contribution in [3.63, 3.8) is 0 Å². The molecule has 1 aliphatic rings. The molecule has 68 valence electrons. The number of rotatable bonds is 3. The molecule has 0 amide bonds. The summed E-state index contributed by atoms with van der Waals surface area (Å²) < 4.78 is -0.199. The molecule has 12 heavy (non-hydrogen) atoms. The van der Waals surface area contributed by atoms with Crippen molar-refractivity contribution in [3.8, 4) is 0 Å². The Balaban J connectivity index is 2.48. The van der Waals surface area contributed by atoms with Crippen molar-refractivity contribution in [1.82, 2.24) is 0 Å². The number of carbonyl (C=O) groups excluding carboxylic acids is 1. The minimum atomic E-state index is -0.600. The molecule has 0 radical (unpaired) electrons. The van der Waals surface area contributed by atoms with Crippen LogP contribution in [0, 0.1) is 0 Å². The van der Waals surface area contributed by atoms with Crippen molar-refractivity contribution >= 4 is 51.8 Å². The maximum atomic E-state index is 10.5. The highest BCUT2D eigenvalue weighted by Crippen LogP contribution is 2.43. The number of allylic oxidation sites excluding steroid dienone is 1. The molecule has 2 atom stereocenters. The van der Waals surface area contributed by atoms with Gasteiger partial charge in [0, 0.05) is 6.42 Å². The minimum Gasteiger partial charge on any atom is -0.281 e. The fraction of sp³-hybridized carbons (Fsp3) is 0.571. The normalized spacial score (nSPS) is 34.1. The summed E-state index contributed by atoms with van der Waals surface area (Å²) in [6.45, 7) is 0. The second-order valence-electron chi connectivity index (χ2n) is 2.54. The molecule has 0 bridgehead atoms. The van der Waals surface area contributed by atoms with Gasteiger partial charge in [0.25, 0.3) is 0 Å². The molecule has 0 fully saturated rings. The van der Waals surface area contributed by atoms with Gasteiger partial charge in [-0.2, -0.15) is 0 Å². The van der Waals surface area contributed by atoms with Gasteiger partial charge < -0.3 is 0 Å². The molecule has 0 aromatic rings. The highest BCUT2D eigenvalue weighted by molar-refractivity contribution is 8.04. The van der Waals surface area contributed by atoms with Crippen LogP contribution in [-0.2, 0) is 4.79 Å². The van der Waals surface area contributed by atoms with E-state index < -0.39 is 4.87 Å². The molecule has 0 aromatic heterocycles. The summed E-state index contributed by atoms with van der Waals surface area (Å²) in [5.41, 5.74) is 0. The molecule has 0 saturated carbocycles. The molecular formula is C7H7Cl3OS. The van der Waals surface area contributed by atoms with E-state index in [0.717, 1.165) is 0 Å². The van der Waals surface area contributed by atoms with Crippen LogP contribution in [0.3, 0.4) is 0 Å². The van der Waals surface area contributed by atoms with Gasteiger partial charge in [0.1, 0.15) is 4.71 Å². The van der Waals surface area contributed by atoms with Gasteiger partial charge in [-0.15, -0.1) is 35.0 Å². The molecule has 5 heteroatoms. The molecule has 2 unspecified atom stereocenters. The highest BCUT2D eigenvalue weighted by Gasteiger charge is 2.36. The molecule has 1 aliphatic heterocycles. The lowest BCUT2D eigenvalue weighted by molar-refractivity contribution is -0.111. The van der Waals surface area contributed by atoms with E-state index >= 15 is 0 Å². The molecule has 0 aliphatic carbocycles. The Hall–Kier alpha value is 0.630. The number of thioether (sulfide) groups is 1. The summed E-state index contributed by atoms with van der Waals surface area (Å²) in [5.74, 6) is 0. The van der Waals surface area contributed by atoms with Crippen molar-refractivity contribution in [3.05, 3.63) is 11.5 Å². The zero-order valence-electron chi connectivity index (χ0n) is 6.10. The highest BCUT2D eigenvalue weighted by atomic mass is 35.5. The van der Waals surface area contributed by atoms with Crippen molar-refractivity contribution in [2.45, 2.75) is 22.4 Å². The van der Waals surface area contributed by atoms with E-state index in [2.05, 4.69) is 0 Å². The fourth-order valence-electron chi connectivity index (χ4n) is 0.897. The number of hydrogen-bond acceptors (Lipinski definition) is 2. The summed E-state index contributed by atoms with van der Waals surface area (Å²) >= 11 is 18.7. The first-order valence-corrected chi connectivity index (χ1v) is 5.52. The molecule has 0 aromatic carbocycles. The standard InChI is InChI=1S/C7H7Cl3OS/c8-5(11)1-2-7(10)3-4-12-6(7)9/h3-4,6H,1-2H2. The second-order valence-corrected chi connectivity index (χ2v) is 5.37. The molecule has 0 N–H and O–H groups in total. The molecular weight excluding hydrogens is 239 g/mol. The van der Waals surface area contributed by atoms with Crippen LogP contribution in [-0.4, -0.2) is 14.8 Å². The van der Waals surface area contributed by atoms with Gasteiger partial charge >= 0.3 is 0 Å². The Morgan fingerprint density at radius 1 is 1.67 bits per heavy atom. The van der Waals surface area contributed by atoms with E-state index in [-0.39, 0.29) is 16.4 Å². The van der Waals surface area contributed by atoms with E-state index in [1.165, 1.54) is 11.8 Å². The fourth-order valence-corrected chi connectivity index (χ4v) is 2.62.